The second-order valence-electron chi connectivity index (χ2n) is 4.75. The SMILES string of the molecule is CC(C)(C)S(C)(C)c1ccccc1.F.F.F. The Morgan fingerprint density at radius 2 is 1.19 bits per heavy atom. The van der Waals surface area contributed by atoms with Gasteiger partial charge in [0, 0.05) is 0 Å². The van der Waals surface area contributed by atoms with Crippen LogP contribution in [0.15, 0.2) is 35.2 Å². The zero-order chi connectivity index (χ0) is 10.1. The van der Waals surface area contributed by atoms with Crippen LogP contribution in [-0.4, -0.2) is 17.3 Å². The fraction of sp³-hybridized carbons (Fsp3) is 0.500. The van der Waals surface area contributed by atoms with Crippen LogP contribution in [0, 0.1) is 0 Å². The van der Waals surface area contributed by atoms with Gasteiger partial charge in [0.05, 0.1) is 0 Å². The molecule has 0 aliphatic rings. The van der Waals surface area contributed by atoms with E-state index in [0.717, 1.165) is 0 Å². The van der Waals surface area contributed by atoms with Gasteiger partial charge in [-0.05, 0) is 22.2 Å². The summed E-state index contributed by atoms with van der Waals surface area (Å²) in [5.41, 5.74) is 0. The first-order chi connectivity index (χ1) is 5.86. The summed E-state index contributed by atoms with van der Waals surface area (Å²) in [4.78, 5) is 1.50. The molecule has 0 amide bonds. The van der Waals surface area contributed by atoms with Crippen LogP contribution in [0.1, 0.15) is 20.8 Å². The molecule has 4 heteroatoms. The molecule has 0 saturated carbocycles. The number of rotatable bonds is 1. The zero-order valence-corrected chi connectivity index (χ0v) is 11.3. The highest BCUT2D eigenvalue weighted by Gasteiger charge is 2.28. The largest absolute Gasteiger partial charge is 0.269 e. The van der Waals surface area contributed by atoms with Crippen molar-refractivity contribution in [2.24, 2.45) is 0 Å². The maximum absolute atomic E-state index is 2.39. The Balaban J connectivity index is -0.000000563. The summed E-state index contributed by atoms with van der Waals surface area (Å²) in [6.07, 6.45) is 4.78. The van der Waals surface area contributed by atoms with Gasteiger partial charge in [-0.3, -0.25) is 14.1 Å². The van der Waals surface area contributed by atoms with E-state index in [4.69, 9.17) is 0 Å². The van der Waals surface area contributed by atoms with Gasteiger partial charge in [-0.15, -0.1) is 0 Å². The van der Waals surface area contributed by atoms with Crippen LogP contribution in [0.3, 0.4) is 0 Å². The molecule has 16 heavy (non-hydrogen) atoms. The first-order valence-electron chi connectivity index (χ1n) is 4.64. The van der Waals surface area contributed by atoms with Crippen molar-refractivity contribution >= 4 is 10.0 Å². The van der Waals surface area contributed by atoms with Gasteiger partial charge in [0.1, 0.15) is 0 Å². The summed E-state index contributed by atoms with van der Waals surface area (Å²) >= 11 is 0. The van der Waals surface area contributed by atoms with Crippen molar-refractivity contribution in [3.8, 4) is 0 Å². The van der Waals surface area contributed by atoms with E-state index in [1.165, 1.54) is 4.90 Å². The molecular weight excluding hydrogens is 233 g/mol. The van der Waals surface area contributed by atoms with E-state index in [1.807, 2.05) is 0 Å². The van der Waals surface area contributed by atoms with Crippen molar-refractivity contribution in [1.82, 2.24) is 0 Å². The van der Waals surface area contributed by atoms with Crippen LogP contribution < -0.4 is 0 Å². The van der Waals surface area contributed by atoms with E-state index in [9.17, 15) is 0 Å². The molecule has 0 fully saturated rings. The second kappa shape index (κ2) is 6.84. The maximum Gasteiger partial charge on any atom is -0.00491 e. The smallest absolute Gasteiger partial charge is 0.00491 e. The van der Waals surface area contributed by atoms with E-state index in [2.05, 4.69) is 63.6 Å². The number of hydrogen-bond donors (Lipinski definition) is 0. The summed E-state index contributed by atoms with van der Waals surface area (Å²) < 4.78 is 0.383. The van der Waals surface area contributed by atoms with Gasteiger partial charge >= 0.3 is 0 Å². The van der Waals surface area contributed by atoms with Crippen molar-refractivity contribution in [1.29, 1.82) is 0 Å². The fourth-order valence-electron chi connectivity index (χ4n) is 1.11. The third kappa shape index (κ3) is 4.08. The molecule has 1 rings (SSSR count). The van der Waals surface area contributed by atoms with Gasteiger partial charge in [-0.25, -0.2) is 10.0 Å². The van der Waals surface area contributed by atoms with Crippen LogP contribution in [0.25, 0.3) is 0 Å². The predicted molar refractivity (Wildman–Crippen MR) is 71.4 cm³/mol. The van der Waals surface area contributed by atoms with E-state index >= 15 is 0 Å². The average Bonchev–Trinajstić information content (AvgIpc) is 2.04. The molecule has 1 aromatic carbocycles. The minimum atomic E-state index is -0.676. The molecule has 0 saturated heterocycles. The van der Waals surface area contributed by atoms with Crippen LogP contribution in [0.5, 0.6) is 0 Å². The quantitative estimate of drug-likeness (QED) is 0.700. The normalized spacial score (nSPS) is 11.6. The molecule has 1 aromatic rings. The molecule has 98 valence electrons. The first-order valence-corrected chi connectivity index (χ1v) is 7.08. The van der Waals surface area contributed by atoms with Gasteiger partial charge in [-0.1, -0.05) is 51.1 Å². The van der Waals surface area contributed by atoms with E-state index < -0.39 is 10.0 Å². The summed E-state index contributed by atoms with van der Waals surface area (Å²) in [6, 6.07) is 10.9. The summed E-state index contributed by atoms with van der Waals surface area (Å²) in [7, 11) is -0.676. The first kappa shape index (κ1) is 20.7. The van der Waals surface area contributed by atoms with E-state index in [1.54, 1.807) is 0 Å². The molecule has 0 heterocycles. The lowest BCUT2D eigenvalue weighted by atomic mass is 10.3. The molecule has 0 unspecified atom stereocenters. The van der Waals surface area contributed by atoms with Gasteiger partial charge in [0.15, 0.2) is 0 Å². The molecule has 0 aliphatic heterocycles. The molecule has 0 spiro atoms. The lowest BCUT2D eigenvalue weighted by Crippen LogP contribution is -2.23. The highest BCUT2D eigenvalue weighted by molar-refractivity contribution is 8.33. The van der Waals surface area contributed by atoms with Crippen molar-refractivity contribution in [2.75, 3.05) is 12.5 Å². The average molecular weight is 256 g/mol. The topological polar surface area (TPSA) is 0 Å². The molecule has 0 nitrogen and oxygen atoms in total. The standard InChI is InChI=1S/C12H20S.3FH/c1-12(2,3)13(4,5)11-9-7-6-8-10-11;;;/h6-10H,1-5H3;3*1H. The molecular formula is C12H23F3S. The molecule has 0 atom stereocenters. The molecule has 0 aliphatic carbocycles. The molecule has 0 radical (unpaired) electrons. The van der Waals surface area contributed by atoms with Gasteiger partial charge in [0.25, 0.3) is 0 Å². The summed E-state index contributed by atoms with van der Waals surface area (Å²) in [5, 5.41) is 0. The third-order valence-corrected chi connectivity index (χ3v) is 7.38. The van der Waals surface area contributed by atoms with Crippen LogP contribution >= 0.6 is 10.0 Å². The molecule has 0 bridgehead atoms. The van der Waals surface area contributed by atoms with Crippen LogP contribution in [0.4, 0.5) is 14.1 Å². The predicted octanol–water partition coefficient (Wildman–Crippen LogP) is 4.37. The van der Waals surface area contributed by atoms with E-state index in [-0.39, 0.29) is 14.1 Å². The Hall–Kier alpha value is -0.640. The molecule has 0 N–H and O–H groups in total. The Morgan fingerprint density at radius 3 is 1.50 bits per heavy atom. The fourth-order valence-corrected chi connectivity index (χ4v) is 2.66. The van der Waals surface area contributed by atoms with Crippen LogP contribution in [0.2, 0.25) is 0 Å². The lowest BCUT2D eigenvalue weighted by molar-refractivity contribution is 0.786. The third-order valence-electron chi connectivity index (χ3n) is 2.86. The highest BCUT2D eigenvalue weighted by Crippen LogP contribution is 2.59. The number of hydrogen-bond acceptors (Lipinski definition) is 0. The minimum absolute atomic E-state index is 0. The maximum atomic E-state index is 2.39. The van der Waals surface area contributed by atoms with Crippen molar-refractivity contribution in [2.45, 2.75) is 30.4 Å². The zero-order valence-electron chi connectivity index (χ0n) is 10.5. The summed E-state index contributed by atoms with van der Waals surface area (Å²) in [5.74, 6) is 0. The van der Waals surface area contributed by atoms with Crippen LogP contribution in [-0.2, 0) is 0 Å². The Labute approximate surface area is 97.9 Å². The number of halogens is 3. The van der Waals surface area contributed by atoms with Gasteiger partial charge in [0.2, 0.25) is 0 Å². The Bertz CT molecular complexity index is 278. The highest BCUT2D eigenvalue weighted by atomic mass is 32.3. The summed E-state index contributed by atoms with van der Waals surface area (Å²) in [6.45, 7) is 6.99. The lowest BCUT2D eigenvalue weighted by Gasteiger charge is -2.45. The number of benzene rings is 1. The van der Waals surface area contributed by atoms with Crippen molar-refractivity contribution in [3.05, 3.63) is 30.3 Å². The second-order valence-corrected chi connectivity index (χ2v) is 9.10. The Morgan fingerprint density at radius 1 is 0.812 bits per heavy atom. The van der Waals surface area contributed by atoms with Crippen molar-refractivity contribution < 1.29 is 14.1 Å². The Kier molecular flexibility index (Phi) is 8.86. The van der Waals surface area contributed by atoms with Gasteiger partial charge in [-0.2, -0.15) is 0 Å². The minimum Gasteiger partial charge on any atom is -0.269 e. The van der Waals surface area contributed by atoms with Crippen molar-refractivity contribution in [3.63, 3.8) is 0 Å². The molecule has 0 aromatic heterocycles. The monoisotopic (exact) mass is 256 g/mol. The van der Waals surface area contributed by atoms with E-state index in [0.29, 0.717) is 4.75 Å². The van der Waals surface area contributed by atoms with Gasteiger partial charge < -0.3 is 0 Å².